The Labute approximate surface area is 113 Å². The third-order valence-corrected chi connectivity index (χ3v) is 3.27. The van der Waals surface area contributed by atoms with Crippen LogP contribution in [0.2, 0.25) is 0 Å². The third kappa shape index (κ3) is 4.02. The minimum atomic E-state index is -0.0675. The van der Waals surface area contributed by atoms with Crippen LogP contribution < -0.4 is 11.1 Å². The van der Waals surface area contributed by atoms with Gasteiger partial charge in [0.05, 0.1) is 18.9 Å². The molecule has 5 nitrogen and oxygen atoms in total. The summed E-state index contributed by atoms with van der Waals surface area (Å²) in [7, 11) is 0. The van der Waals surface area contributed by atoms with Crippen molar-refractivity contribution in [3.05, 3.63) is 35.9 Å². The van der Waals surface area contributed by atoms with Gasteiger partial charge in [0.2, 0.25) is 0 Å². The van der Waals surface area contributed by atoms with Crippen LogP contribution in [0.4, 0.5) is 0 Å². The third-order valence-electron chi connectivity index (χ3n) is 3.27. The molecule has 19 heavy (non-hydrogen) atoms. The number of nitrogens with zero attached hydrogens (tertiary/aromatic N) is 1. The summed E-state index contributed by atoms with van der Waals surface area (Å²) in [5.74, 6) is -0.0675. The molecular formula is C14H21N3O2. The first kappa shape index (κ1) is 14.0. The topological polar surface area (TPSA) is 67.6 Å². The smallest absolute Gasteiger partial charge is 0.251 e. The summed E-state index contributed by atoms with van der Waals surface area (Å²) in [5, 5.41) is 2.90. The van der Waals surface area contributed by atoms with E-state index in [-0.39, 0.29) is 18.2 Å². The van der Waals surface area contributed by atoms with Crippen molar-refractivity contribution in [3.8, 4) is 0 Å². The standard InChI is InChI=1S/C14H21N3O2/c1-11(15)17-7-8-19-13(10-17)9-16-14(18)12-5-3-2-4-6-12/h2-6,11,13H,7-10,15H2,1H3,(H,16,18). The number of benzene rings is 1. The normalized spacial score (nSPS) is 21.9. The molecule has 1 aromatic carbocycles. The lowest BCUT2D eigenvalue weighted by atomic mass is 10.2. The van der Waals surface area contributed by atoms with E-state index in [0.29, 0.717) is 18.7 Å². The number of ether oxygens (including phenoxy) is 1. The van der Waals surface area contributed by atoms with Crippen LogP contribution in [0.25, 0.3) is 0 Å². The second kappa shape index (κ2) is 6.65. The molecule has 2 rings (SSSR count). The van der Waals surface area contributed by atoms with E-state index >= 15 is 0 Å². The lowest BCUT2D eigenvalue weighted by Crippen LogP contribution is -2.52. The van der Waals surface area contributed by atoms with Gasteiger partial charge in [0, 0.05) is 25.2 Å². The molecule has 2 unspecified atom stereocenters. The number of nitrogens with one attached hydrogen (secondary N) is 1. The van der Waals surface area contributed by atoms with E-state index < -0.39 is 0 Å². The molecule has 1 amide bonds. The van der Waals surface area contributed by atoms with Crippen LogP contribution in [0.15, 0.2) is 30.3 Å². The molecule has 1 heterocycles. The van der Waals surface area contributed by atoms with Gasteiger partial charge in [0.1, 0.15) is 0 Å². The van der Waals surface area contributed by atoms with Crippen LogP contribution in [-0.4, -0.2) is 49.3 Å². The highest BCUT2D eigenvalue weighted by atomic mass is 16.5. The van der Waals surface area contributed by atoms with Gasteiger partial charge in [0.15, 0.2) is 0 Å². The second-order valence-corrected chi connectivity index (χ2v) is 4.80. The lowest BCUT2D eigenvalue weighted by molar-refractivity contribution is -0.0379. The van der Waals surface area contributed by atoms with Gasteiger partial charge in [-0.1, -0.05) is 18.2 Å². The van der Waals surface area contributed by atoms with Crippen LogP contribution in [0.5, 0.6) is 0 Å². The van der Waals surface area contributed by atoms with Crippen molar-refractivity contribution < 1.29 is 9.53 Å². The first-order chi connectivity index (χ1) is 9.16. The van der Waals surface area contributed by atoms with Gasteiger partial charge < -0.3 is 15.8 Å². The number of nitrogens with two attached hydrogens (primary N) is 1. The summed E-state index contributed by atoms with van der Waals surface area (Å²) in [6.07, 6.45) is 0.0311. The molecule has 0 radical (unpaired) electrons. The number of hydrogen-bond donors (Lipinski definition) is 2. The molecule has 5 heteroatoms. The van der Waals surface area contributed by atoms with Gasteiger partial charge in [-0.3, -0.25) is 9.69 Å². The fraction of sp³-hybridized carbons (Fsp3) is 0.500. The molecule has 104 valence electrons. The van der Waals surface area contributed by atoms with Crippen LogP contribution in [0, 0.1) is 0 Å². The highest BCUT2D eigenvalue weighted by molar-refractivity contribution is 5.94. The maximum Gasteiger partial charge on any atom is 0.251 e. The molecule has 1 saturated heterocycles. The van der Waals surface area contributed by atoms with E-state index in [1.54, 1.807) is 12.1 Å². The first-order valence-electron chi connectivity index (χ1n) is 6.61. The van der Waals surface area contributed by atoms with Crippen LogP contribution in [0.3, 0.4) is 0 Å². The monoisotopic (exact) mass is 263 g/mol. The van der Waals surface area contributed by atoms with Crippen molar-refractivity contribution in [2.45, 2.75) is 19.2 Å². The van der Waals surface area contributed by atoms with Gasteiger partial charge in [-0.15, -0.1) is 0 Å². The summed E-state index contributed by atoms with van der Waals surface area (Å²) < 4.78 is 5.63. The average Bonchev–Trinajstić information content (AvgIpc) is 2.46. The van der Waals surface area contributed by atoms with Crippen molar-refractivity contribution in [1.82, 2.24) is 10.2 Å². The number of rotatable bonds is 4. The lowest BCUT2D eigenvalue weighted by Gasteiger charge is -2.35. The minimum Gasteiger partial charge on any atom is -0.374 e. The molecule has 0 saturated carbocycles. The fourth-order valence-corrected chi connectivity index (χ4v) is 2.13. The Hall–Kier alpha value is -1.43. The summed E-state index contributed by atoms with van der Waals surface area (Å²) >= 11 is 0. The number of carbonyl (C=O) groups is 1. The van der Waals surface area contributed by atoms with Crippen molar-refractivity contribution in [2.24, 2.45) is 5.73 Å². The molecular weight excluding hydrogens is 242 g/mol. The van der Waals surface area contributed by atoms with Crippen LogP contribution in [0.1, 0.15) is 17.3 Å². The highest BCUT2D eigenvalue weighted by Crippen LogP contribution is 2.06. The Morgan fingerprint density at radius 2 is 2.26 bits per heavy atom. The second-order valence-electron chi connectivity index (χ2n) is 4.80. The Kier molecular flexibility index (Phi) is 4.90. The zero-order valence-electron chi connectivity index (χ0n) is 11.2. The van der Waals surface area contributed by atoms with Gasteiger partial charge in [0.25, 0.3) is 5.91 Å². The largest absolute Gasteiger partial charge is 0.374 e. The number of amides is 1. The number of hydrogen-bond acceptors (Lipinski definition) is 4. The van der Waals surface area contributed by atoms with E-state index in [4.69, 9.17) is 10.5 Å². The molecule has 0 spiro atoms. The molecule has 0 aliphatic carbocycles. The zero-order chi connectivity index (χ0) is 13.7. The number of carbonyl (C=O) groups excluding carboxylic acids is 1. The SMILES string of the molecule is CC(N)N1CCOC(CNC(=O)c2ccccc2)C1. The molecule has 2 atom stereocenters. The van der Waals surface area contributed by atoms with E-state index in [9.17, 15) is 4.79 Å². The Morgan fingerprint density at radius 3 is 2.95 bits per heavy atom. The van der Waals surface area contributed by atoms with Gasteiger partial charge >= 0.3 is 0 Å². The van der Waals surface area contributed by atoms with Crippen molar-refractivity contribution in [1.29, 1.82) is 0 Å². The zero-order valence-corrected chi connectivity index (χ0v) is 11.2. The molecule has 1 aliphatic heterocycles. The predicted molar refractivity (Wildman–Crippen MR) is 73.7 cm³/mol. The Balaban J connectivity index is 1.80. The van der Waals surface area contributed by atoms with Crippen molar-refractivity contribution >= 4 is 5.91 Å². The average molecular weight is 263 g/mol. The van der Waals surface area contributed by atoms with Crippen LogP contribution >= 0.6 is 0 Å². The van der Waals surface area contributed by atoms with Gasteiger partial charge in [-0.05, 0) is 19.1 Å². The summed E-state index contributed by atoms with van der Waals surface area (Å²) in [4.78, 5) is 14.1. The van der Waals surface area contributed by atoms with Gasteiger partial charge in [-0.2, -0.15) is 0 Å². The van der Waals surface area contributed by atoms with E-state index in [2.05, 4.69) is 10.2 Å². The highest BCUT2D eigenvalue weighted by Gasteiger charge is 2.22. The van der Waals surface area contributed by atoms with E-state index in [0.717, 1.165) is 13.1 Å². The quantitative estimate of drug-likeness (QED) is 0.826. The Morgan fingerprint density at radius 1 is 1.53 bits per heavy atom. The molecule has 1 aliphatic rings. The first-order valence-corrected chi connectivity index (χ1v) is 6.61. The Bertz CT molecular complexity index is 408. The van der Waals surface area contributed by atoms with E-state index in [1.807, 2.05) is 25.1 Å². The summed E-state index contributed by atoms with van der Waals surface area (Å²) in [5.41, 5.74) is 6.53. The maximum absolute atomic E-state index is 11.9. The summed E-state index contributed by atoms with van der Waals surface area (Å²) in [6.45, 7) is 4.74. The molecule has 1 fully saturated rings. The van der Waals surface area contributed by atoms with Crippen LogP contribution in [-0.2, 0) is 4.74 Å². The predicted octanol–water partition coefficient (Wildman–Crippen LogP) is 0.422. The maximum atomic E-state index is 11.9. The number of morpholine rings is 1. The minimum absolute atomic E-state index is 0.00686. The van der Waals surface area contributed by atoms with Crippen molar-refractivity contribution in [3.63, 3.8) is 0 Å². The van der Waals surface area contributed by atoms with E-state index in [1.165, 1.54) is 0 Å². The molecule has 0 bridgehead atoms. The molecule has 3 N–H and O–H groups in total. The van der Waals surface area contributed by atoms with Crippen molar-refractivity contribution in [2.75, 3.05) is 26.2 Å². The molecule has 1 aromatic rings. The van der Waals surface area contributed by atoms with Gasteiger partial charge in [-0.25, -0.2) is 0 Å². The summed E-state index contributed by atoms with van der Waals surface area (Å²) in [6, 6.07) is 9.19. The fourth-order valence-electron chi connectivity index (χ4n) is 2.13. The molecule has 0 aromatic heterocycles.